The molecule has 0 aromatic rings. The third kappa shape index (κ3) is 3.03. The van der Waals surface area contributed by atoms with Crippen molar-refractivity contribution in [2.75, 3.05) is 0 Å². The molecule has 0 bridgehead atoms. The summed E-state index contributed by atoms with van der Waals surface area (Å²) in [5, 5.41) is 0. The van der Waals surface area contributed by atoms with Crippen LogP contribution in [0, 0.1) is 11.8 Å². The highest BCUT2D eigenvalue weighted by molar-refractivity contribution is 5.74. The molecule has 0 amide bonds. The van der Waals surface area contributed by atoms with Crippen LogP contribution in [0.5, 0.6) is 0 Å². The second-order valence-electron chi connectivity index (χ2n) is 6.80. The molecule has 1 aliphatic heterocycles. The van der Waals surface area contributed by atoms with E-state index in [-0.39, 0.29) is 29.7 Å². The van der Waals surface area contributed by atoms with Gasteiger partial charge >= 0.3 is 5.97 Å². The van der Waals surface area contributed by atoms with Crippen molar-refractivity contribution < 1.29 is 14.3 Å². The second kappa shape index (κ2) is 6.46. The van der Waals surface area contributed by atoms with E-state index in [2.05, 4.69) is 27.7 Å². The van der Waals surface area contributed by atoms with Crippen molar-refractivity contribution in [3.05, 3.63) is 0 Å². The Balaban J connectivity index is 2.03. The smallest absolute Gasteiger partial charge is 0.312 e. The third-order valence-corrected chi connectivity index (χ3v) is 5.30. The first-order valence-corrected chi connectivity index (χ1v) is 8.40. The van der Waals surface area contributed by atoms with Gasteiger partial charge in [0.2, 0.25) is 0 Å². The Morgan fingerprint density at radius 2 is 1.90 bits per heavy atom. The summed E-state index contributed by atoms with van der Waals surface area (Å²) < 4.78 is 12.0. The normalized spacial score (nSPS) is 32.8. The van der Waals surface area contributed by atoms with Gasteiger partial charge in [0.05, 0.1) is 18.1 Å². The molecule has 0 aromatic carbocycles. The van der Waals surface area contributed by atoms with Gasteiger partial charge in [0.15, 0.2) is 0 Å². The van der Waals surface area contributed by atoms with Gasteiger partial charge in [0, 0.05) is 0 Å². The predicted molar refractivity (Wildman–Crippen MR) is 79.5 cm³/mol. The minimum atomic E-state index is -0.209. The molecule has 2 aliphatic rings. The van der Waals surface area contributed by atoms with Crippen LogP contribution in [-0.4, -0.2) is 23.8 Å². The van der Waals surface area contributed by atoms with E-state index in [1.54, 1.807) is 0 Å². The van der Waals surface area contributed by atoms with Crippen LogP contribution < -0.4 is 0 Å². The van der Waals surface area contributed by atoms with Crippen molar-refractivity contribution in [1.29, 1.82) is 0 Å². The molecule has 0 aromatic heterocycles. The predicted octanol–water partition coefficient (Wildman–Crippen LogP) is 4.09. The summed E-state index contributed by atoms with van der Waals surface area (Å²) in [5.41, 5.74) is -0.209. The van der Waals surface area contributed by atoms with E-state index in [1.807, 2.05) is 0 Å². The van der Waals surface area contributed by atoms with Crippen molar-refractivity contribution in [2.24, 2.45) is 11.8 Å². The van der Waals surface area contributed by atoms with Crippen LogP contribution in [0.15, 0.2) is 0 Å². The first kappa shape index (κ1) is 15.8. The highest BCUT2D eigenvalue weighted by Gasteiger charge is 2.45. The van der Waals surface area contributed by atoms with E-state index in [0.29, 0.717) is 5.92 Å². The molecule has 0 spiro atoms. The molecule has 0 radical (unpaired) electrons. The number of carbonyl (C=O) groups excluding carboxylic acids is 1. The first-order chi connectivity index (χ1) is 9.52. The van der Waals surface area contributed by atoms with Gasteiger partial charge in [-0.05, 0) is 50.9 Å². The fourth-order valence-corrected chi connectivity index (χ4v) is 3.77. The lowest BCUT2D eigenvalue weighted by Gasteiger charge is -2.34. The van der Waals surface area contributed by atoms with Crippen LogP contribution >= 0.6 is 0 Å². The Morgan fingerprint density at radius 3 is 2.40 bits per heavy atom. The van der Waals surface area contributed by atoms with E-state index < -0.39 is 0 Å². The molecule has 3 unspecified atom stereocenters. The standard InChI is InChI=1S/C17H30O3/c1-5-13-11-14(15(6-2)19-13)16(18)20-17(12(3)4)9-7-8-10-17/h12-15H,5-11H2,1-4H3. The number of hydrogen-bond acceptors (Lipinski definition) is 3. The van der Waals surface area contributed by atoms with Gasteiger partial charge in [0.25, 0.3) is 0 Å². The molecule has 1 aliphatic carbocycles. The summed E-state index contributed by atoms with van der Waals surface area (Å²) >= 11 is 0. The average molecular weight is 282 g/mol. The van der Waals surface area contributed by atoms with Crippen molar-refractivity contribution in [3.8, 4) is 0 Å². The van der Waals surface area contributed by atoms with Gasteiger partial charge in [-0.15, -0.1) is 0 Å². The lowest BCUT2D eigenvalue weighted by atomic mass is 9.88. The largest absolute Gasteiger partial charge is 0.459 e. The molecular formula is C17H30O3. The Hall–Kier alpha value is -0.570. The summed E-state index contributed by atoms with van der Waals surface area (Å²) in [6.07, 6.45) is 7.41. The van der Waals surface area contributed by atoms with E-state index in [4.69, 9.17) is 9.47 Å². The maximum atomic E-state index is 12.6. The molecule has 0 N–H and O–H groups in total. The van der Waals surface area contributed by atoms with Gasteiger partial charge in [0.1, 0.15) is 5.60 Å². The molecule has 3 heteroatoms. The highest BCUT2D eigenvalue weighted by atomic mass is 16.6. The quantitative estimate of drug-likeness (QED) is 0.712. The number of hydrogen-bond donors (Lipinski definition) is 0. The number of carbonyl (C=O) groups is 1. The molecule has 3 atom stereocenters. The SMILES string of the molecule is CCC1CC(C(=O)OC2(C(C)C)CCCC2)C(CC)O1. The average Bonchev–Trinajstić information content (AvgIpc) is 3.05. The van der Waals surface area contributed by atoms with E-state index in [9.17, 15) is 4.79 Å². The minimum Gasteiger partial charge on any atom is -0.459 e. The van der Waals surface area contributed by atoms with Crippen LogP contribution in [0.1, 0.15) is 72.6 Å². The number of esters is 1. The molecule has 3 nitrogen and oxygen atoms in total. The van der Waals surface area contributed by atoms with Crippen LogP contribution in [-0.2, 0) is 14.3 Å². The summed E-state index contributed by atoms with van der Waals surface area (Å²) in [5.74, 6) is 0.336. The fraction of sp³-hybridized carbons (Fsp3) is 0.941. The Morgan fingerprint density at radius 1 is 1.25 bits per heavy atom. The van der Waals surface area contributed by atoms with Crippen molar-refractivity contribution in [3.63, 3.8) is 0 Å². The lowest BCUT2D eigenvalue weighted by molar-refractivity contribution is -0.171. The van der Waals surface area contributed by atoms with Crippen molar-refractivity contribution in [1.82, 2.24) is 0 Å². The van der Waals surface area contributed by atoms with E-state index >= 15 is 0 Å². The highest BCUT2D eigenvalue weighted by Crippen LogP contribution is 2.41. The van der Waals surface area contributed by atoms with Crippen LogP contribution in [0.2, 0.25) is 0 Å². The summed E-state index contributed by atoms with van der Waals surface area (Å²) in [6.45, 7) is 8.57. The molecule has 1 saturated carbocycles. The Kier molecular flexibility index (Phi) is 5.11. The number of ether oxygens (including phenoxy) is 2. The van der Waals surface area contributed by atoms with Gasteiger partial charge in [-0.25, -0.2) is 0 Å². The minimum absolute atomic E-state index is 0.0107. The third-order valence-electron chi connectivity index (χ3n) is 5.30. The Labute approximate surface area is 123 Å². The lowest BCUT2D eigenvalue weighted by Crippen LogP contribution is -2.40. The maximum absolute atomic E-state index is 12.6. The molecule has 2 fully saturated rings. The zero-order valence-corrected chi connectivity index (χ0v) is 13.5. The zero-order chi connectivity index (χ0) is 14.8. The Bertz CT molecular complexity index is 331. The summed E-state index contributed by atoms with van der Waals surface area (Å²) in [4.78, 5) is 12.6. The monoisotopic (exact) mass is 282 g/mol. The van der Waals surface area contributed by atoms with E-state index in [0.717, 1.165) is 32.1 Å². The maximum Gasteiger partial charge on any atom is 0.312 e. The van der Waals surface area contributed by atoms with Gasteiger partial charge in [-0.2, -0.15) is 0 Å². The van der Waals surface area contributed by atoms with Crippen molar-refractivity contribution in [2.45, 2.75) is 90.4 Å². The molecule has 1 heterocycles. The zero-order valence-electron chi connectivity index (χ0n) is 13.5. The molecule has 1 saturated heterocycles. The van der Waals surface area contributed by atoms with Crippen LogP contribution in [0.25, 0.3) is 0 Å². The van der Waals surface area contributed by atoms with Crippen molar-refractivity contribution >= 4 is 5.97 Å². The first-order valence-electron chi connectivity index (χ1n) is 8.40. The number of rotatable bonds is 5. The second-order valence-corrected chi connectivity index (χ2v) is 6.80. The summed E-state index contributed by atoms with van der Waals surface area (Å²) in [7, 11) is 0. The van der Waals surface area contributed by atoms with Gasteiger partial charge in [-0.3, -0.25) is 4.79 Å². The summed E-state index contributed by atoms with van der Waals surface area (Å²) in [6, 6.07) is 0. The van der Waals surface area contributed by atoms with Crippen LogP contribution in [0.4, 0.5) is 0 Å². The molecular weight excluding hydrogens is 252 g/mol. The molecule has 116 valence electrons. The molecule has 2 rings (SSSR count). The van der Waals surface area contributed by atoms with Crippen LogP contribution in [0.3, 0.4) is 0 Å². The van der Waals surface area contributed by atoms with Gasteiger partial charge in [-0.1, -0.05) is 27.7 Å². The van der Waals surface area contributed by atoms with E-state index in [1.165, 1.54) is 12.8 Å². The van der Waals surface area contributed by atoms with Gasteiger partial charge < -0.3 is 9.47 Å². The molecule has 20 heavy (non-hydrogen) atoms. The fourth-order valence-electron chi connectivity index (χ4n) is 3.77. The topological polar surface area (TPSA) is 35.5 Å².